The number of alkyl halides is 6. The first-order chi connectivity index (χ1) is 13.0. The standard InChI is InChI=1S/C18H8Cl2F6N2/c19-13-14(9-3-1-5-11(7-9)17(21,22)23)27-16(20)28-15(13)10-4-2-6-12(8-10)18(24,25)26/h1-8H. The summed E-state index contributed by atoms with van der Waals surface area (Å²) in [6, 6.07) is 8.36. The highest BCUT2D eigenvalue weighted by molar-refractivity contribution is 6.36. The molecule has 3 rings (SSSR count). The van der Waals surface area contributed by atoms with E-state index >= 15 is 0 Å². The Morgan fingerprint density at radius 3 is 1.39 bits per heavy atom. The van der Waals surface area contributed by atoms with Crippen molar-refractivity contribution >= 4 is 23.2 Å². The Kier molecular flexibility index (Phi) is 5.29. The lowest BCUT2D eigenvalue weighted by Crippen LogP contribution is -2.05. The molecule has 28 heavy (non-hydrogen) atoms. The highest BCUT2D eigenvalue weighted by atomic mass is 35.5. The van der Waals surface area contributed by atoms with Crippen LogP contribution in [0.25, 0.3) is 22.5 Å². The number of benzene rings is 2. The maximum atomic E-state index is 13.0. The molecule has 3 aromatic rings. The first kappa shape index (κ1) is 20.4. The molecule has 2 aromatic carbocycles. The average molecular weight is 437 g/mol. The van der Waals surface area contributed by atoms with Crippen LogP contribution in [0.15, 0.2) is 48.5 Å². The van der Waals surface area contributed by atoms with E-state index in [0.29, 0.717) is 0 Å². The van der Waals surface area contributed by atoms with Crippen LogP contribution < -0.4 is 0 Å². The van der Waals surface area contributed by atoms with Gasteiger partial charge in [-0.1, -0.05) is 35.9 Å². The van der Waals surface area contributed by atoms with E-state index in [1.807, 2.05) is 0 Å². The second kappa shape index (κ2) is 7.25. The zero-order valence-electron chi connectivity index (χ0n) is 13.5. The molecule has 0 bridgehead atoms. The largest absolute Gasteiger partial charge is 0.416 e. The van der Waals surface area contributed by atoms with Crippen molar-refractivity contribution in [3.63, 3.8) is 0 Å². The molecule has 0 fully saturated rings. The molecule has 2 nitrogen and oxygen atoms in total. The van der Waals surface area contributed by atoms with Gasteiger partial charge in [-0.2, -0.15) is 26.3 Å². The highest BCUT2D eigenvalue weighted by Gasteiger charge is 2.32. The van der Waals surface area contributed by atoms with E-state index in [-0.39, 0.29) is 32.8 Å². The minimum absolute atomic E-state index is 0.00245. The van der Waals surface area contributed by atoms with Gasteiger partial charge in [0.2, 0.25) is 5.28 Å². The maximum absolute atomic E-state index is 13.0. The molecule has 0 spiro atoms. The molecule has 0 aliphatic carbocycles. The smallest absolute Gasteiger partial charge is 0.216 e. The van der Waals surface area contributed by atoms with Crippen molar-refractivity contribution < 1.29 is 26.3 Å². The molecule has 10 heteroatoms. The minimum atomic E-state index is -4.59. The SMILES string of the molecule is FC(F)(F)c1cccc(-c2nc(Cl)nc(-c3cccc(C(F)(F)F)c3)c2Cl)c1. The third kappa shape index (κ3) is 4.23. The van der Waals surface area contributed by atoms with Crippen LogP contribution >= 0.6 is 23.2 Å². The van der Waals surface area contributed by atoms with E-state index in [4.69, 9.17) is 23.2 Å². The van der Waals surface area contributed by atoms with Crippen LogP contribution in [0.5, 0.6) is 0 Å². The Hall–Kier alpha value is -2.32. The monoisotopic (exact) mass is 436 g/mol. The van der Waals surface area contributed by atoms with Crippen LogP contribution in [-0.4, -0.2) is 9.97 Å². The fourth-order valence-electron chi connectivity index (χ4n) is 2.49. The van der Waals surface area contributed by atoms with E-state index in [0.717, 1.165) is 36.4 Å². The van der Waals surface area contributed by atoms with E-state index in [9.17, 15) is 26.3 Å². The number of aromatic nitrogens is 2. The first-order valence-corrected chi connectivity index (χ1v) is 8.30. The normalized spacial score (nSPS) is 12.3. The van der Waals surface area contributed by atoms with Gasteiger partial charge < -0.3 is 0 Å². The maximum Gasteiger partial charge on any atom is 0.416 e. The Morgan fingerprint density at radius 1 is 0.643 bits per heavy atom. The summed E-state index contributed by atoms with van der Waals surface area (Å²) < 4.78 is 77.8. The molecule has 0 amide bonds. The molecule has 0 saturated carbocycles. The Morgan fingerprint density at radius 2 is 1.04 bits per heavy atom. The fourth-order valence-corrected chi connectivity index (χ4v) is 2.96. The summed E-state index contributed by atoms with van der Waals surface area (Å²) in [5.41, 5.74) is -2.12. The van der Waals surface area contributed by atoms with Gasteiger partial charge in [0.05, 0.1) is 27.5 Å². The predicted molar refractivity (Wildman–Crippen MR) is 92.9 cm³/mol. The van der Waals surface area contributed by atoms with Gasteiger partial charge in [0.15, 0.2) is 0 Å². The van der Waals surface area contributed by atoms with Gasteiger partial charge >= 0.3 is 12.4 Å². The summed E-state index contributed by atoms with van der Waals surface area (Å²) in [6.45, 7) is 0. The van der Waals surface area contributed by atoms with E-state index in [1.165, 1.54) is 12.1 Å². The fraction of sp³-hybridized carbons (Fsp3) is 0.111. The lowest BCUT2D eigenvalue weighted by Gasteiger charge is -2.13. The summed E-state index contributed by atoms with van der Waals surface area (Å²) in [5.74, 6) is 0. The van der Waals surface area contributed by atoms with Gasteiger partial charge in [-0.25, -0.2) is 9.97 Å². The van der Waals surface area contributed by atoms with Crippen molar-refractivity contribution in [1.29, 1.82) is 0 Å². The third-order valence-corrected chi connectivity index (χ3v) is 4.28. The molecular weight excluding hydrogens is 429 g/mol. The van der Waals surface area contributed by atoms with E-state index < -0.39 is 23.5 Å². The summed E-state index contributed by atoms with van der Waals surface area (Å²) in [5, 5.41) is -0.590. The molecule has 0 atom stereocenters. The zero-order valence-corrected chi connectivity index (χ0v) is 15.0. The van der Waals surface area contributed by atoms with Gasteiger partial charge in [0.1, 0.15) is 0 Å². The second-order valence-corrected chi connectivity index (χ2v) is 6.38. The molecule has 146 valence electrons. The van der Waals surface area contributed by atoms with Crippen molar-refractivity contribution in [2.45, 2.75) is 12.4 Å². The zero-order chi connectivity index (χ0) is 20.7. The van der Waals surface area contributed by atoms with Crippen LogP contribution in [0.2, 0.25) is 10.3 Å². The lowest BCUT2D eigenvalue weighted by atomic mass is 10.0. The Bertz CT molecular complexity index is 953. The van der Waals surface area contributed by atoms with Crippen molar-refractivity contribution in [2.24, 2.45) is 0 Å². The molecule has 1 heterocycles. The van der Waals surface area contributed by atoms with Crippen molar-refractivity contribution in [1.82, 2.24) is 9.97 Å². The molecule has 0 saturated heterocycles. The van der Waals surface area contributed by atoms with Crippen molar-refractivity contribution in [3.8, 4) is 22.5 Å². The molecule has 0 aliphatic rings. The molecule has 0 radical (unpaired) electrons. The van der Waals surface area contributed by atoms with Crippen LogP contribution in [0.1, 0.15) is 11.1 Å². The average Bonchev–Trinajstić information content (AvgIpc) is 2.62. The lowest BCUT2D eigenvalue weighted by molar-refractivity contribution is -0.138. The van der Waals surface area contributed by atoms with Gasteiger partial charge in [-0.05, 0) is 35.9 Å². The van der Waals surface area contributed by atoms with Crippen LogP contribution in [0, 0.1) is 0 Å². The number of hydrogen-bond donors (Lipinski definition) is 0. The van der Waals surface area contributed by atoms with Crippen LogP contribution in [0.4, 0.5) is 26.3 Å². The number of rotatable bonds is 2. The second-order valence-electron chi connectivity index (χ2n) is 5.66. The summed E-state index contributed by atoms with van der Waals surface area (Å²) in [4.78, 5) is 7.71. The van der Waals surface area contributed by atoms with E-state index in [1.54, 1.807) is 0 Å². The summed E-state index contributed by atoms with van der Waals surface area (Å²) in [6.07, 6.45) is -9.19. The molecular formula is C18H8Cl2F6N2. The quantitative estimate of drug-likeness (QED) is 0.314. The molecule has 0 unspecified atom stereocenters. The highest BCUT2D eigenvalue weighted by Crippen LogP contribution is 2.39. The topological polar surface area (TPSA) is 25.8 Å². The van der Waals surface area contributed by atoms with Crippen LogP contribution in [0.3, 0.4) is 0 Å². The van der Waals surface area contributed by atoms with Crippen molar-refractivity contribution in [2.75, 3.05) is 0 Å². The summed E-state index contributed by atoms with van der Waals surface area (Å²) >= 11 is 12.1. The molecule has 1 aromatic heterocycles. The van der Waals surface area contributed by atoms with Gasteiger partial charge in [-0.3, -0.25) is 0 Å². The third-order valence-electron chi connectivity index (χ3n) is 3.75. The summed E-state index contributed by atoms with van der Waals surface area (Å²) in [7, 11) is 0. The molecule has 0 aliphatic heterocycles. The first-order valence-electron chi connectivity index (χ1n) is 7.55. The Balaban J connectivity index is 2.17. The van der Waals surface area contributed by atoms with Crippen molar-refractivity contribution in [3.05, 3.63) is 70.0 Å². The van der Waals surface area contributed by atoms with Gasteiger partial charge in [-0.15, -0.1) is 0 Å². The molecule has 0 N–H and O–H groups in total. The van der Waals surface area contributed by atoms with Gasteiger partial charge in [0, 0.05) is 11.1 Å². The number of nitrogens with zero attached hydrogens (tertiary/aromatic N) is 2. The Labute approximate surface area is 164 Å². The number of hydrogen-bond acceptors (Lipinski definition) is 2. The van der Waals surface area contributed by atoms with Crippen LogP contribution in [-0.2, 0) is 12.4 Å². The number of halogens is 8. The van der Waals surface area contributed by atoms with E-state index in [2.05, 4.69) is 9.97 Å². The predicted octanol–water partition coefficient (Wildman–Crippen LogP) is 7.16. The van der Waals surface area contributed by atoms with Gasteiger partial charge in [0.25, 0.3) is 0 Å². The minimum Gasteiger partial charge on any atom is -0.216 e.